The fraction of sp³-hybridized carbons (Fsp3) is 0.480. The molecule has 370 valence electrons. The van der Waals surface area contributed by atoms with Crippen molar-refractivity contribution in [3.8, 4) is 11.5 Å². The Morgan fingerprint density at radius 3 is 2.19 bits per heavy atom. The van der Waals surface area contributed by atoms with Gasteiger partial charge in [0.05, 0.1) is 44.2 Å². The summed E-state index contributed by atoms with van der Waals surface area (Å²) in [5.74, 6) is -1.59. The van der Waals surface area contributed by atoms with Gasteiger partial charge in [-0.15, -0.1) is 0 Å². The molecule has 1 aliphatic heterocycles. The van der Waals surface area contributed by atoms with Gasteiger partial charge in [0.15, 0.2) is 19.8 Å². The number of esters is 1. The molecule has 0 radical (unpaired) electrons. The third kappa shape index (κ3) is 15.6. The molecule has 0 fully saturated rings. The number of methoxy groups -OCH3 is 1. The van der Waals surface area contributed by atoms with Crippen LogP contribution in [-0.4, -0.2) is 101 Å². The maximum absolute atomic E-state index is 14.9. The molecular weight excluding hydrogens is 891 g/mol. The summed E-state index contributed by atoms with van der Waals surface area (Å²) in [6.45, 7) is 21.9. The van der Waals surface area contributed by atoms with Gasteiger partial charge >= 0.3 is 18.2 Å². The first-order valence-corrected chi connectivity index (χ1v) is 25.8. The highest BCUT2D eigenvalue weighted by Gasteiger charge is 2.40. The van der Waals surface area contributed by atoms with Gasteiger partial charge in [0, 0.05) is 24.7 Å². The molecule has 5 amide bonds. The fourth-order valence-corrected chi connectivity index (χ4v) is 7.87. The van der Waals surface area contributed by atoms with E-state index in [9.17, 15) is 28.8 Å². The van der Waals surface area contributed by atoms with Crippen LogP contribution in [0.1, 0.15) is 88.4 Å². The Morgan fingerprint density at radius 2 is 1.56 bits per heavy atom. The molecule has 1 aliphatic rings. The van der Waals surface area contributed by atoms with Gasteiger partial charge in [-0.05, 0) is 85.6 Å². The Morgan fingerprint density at radius 1 is 0.868 bits per heavy atom. The third-order valence-electron chi connectivity index (χ3n) is 11.8. The van der Waals surface area contributed by atoms with Gasteiger partial charge in [0.25, 0.3) is 5.91 Å². The second-order valence-corrected chi connectivity index (χ2v) is 23.1. The molecule has 0 aromatic heterocycles. The van der Waals surface area contributed by atoms with E-state index in [1.807, 2.05) is 18.2 Å². The van der Waals surface area contributed by atoms with E-state index in [0.29, 0.717) is 37.2 Å². The van der Waals surface area contributed by atoms with E-state index in [2.05, 4.69) is 67.8 Å². The number of benzene rings is 3. The summed E-state index contributed by atoms with van der Waals surface area (Å²) in [7, 11) is -0.752. The van der Waals surface area contributed by atoms with Crippen molar-refractivity contribution in [3.05, 3.63) is 95.6 Å². The van der Waals surface area contributed by atoms with E-state index in [4.69, 9.17) is 28.1 Å². The molecule has 0 aliphatic carbocycles. The minimum absolute atomic E-state index is 0.0218. The average Bonchev–Trinajstić information content (AvgIpc) is 3.29. The van der Waals surface area contributed by atoms with Crippen molar-refractivity contribution in [1.82, 2.24) is 15.5 Å². The second kappa shape index (κ2) is 25.1. The maximum Gasteiger partial charge on any atom is 0.411 e. The monoisotopic (exact) mass is 959 g/mol. The van der Waals surface area contributed by atoms with Gasteiger partial charge in [-0.25, -0.2) is 9.59 Å². The van der Waals surface area contributed by atoms with Crippen LogP contribution in [0.2, 0.25) is 18.1 Å². The predicted octanol–water partition coefficient (Wildman–Crippen LogP) is 8.13. The summed E-state index contributed by atoms with van der Waals surface area (Å²) in [6, 6.07) is 15.4. The van der Waals surface area contributed by atoms with Crippen molar-refractivity contribution in [2.75, 3.05) is 44.2 Å². The minimum Gasteiger partial charge on any atom is -0.493 e. The molecule has 18 heteroatoms. The molecular formula is C50H69N5O12Si. The first-order chi connectivity index (χ1) is 32.2. The molecule has 3 aromatic carbocycles. The van der Waals surface area contributed by atoms with Crippen LogP contribution in [0.15, 0.2) is 73.3 Å². The van der Waals surface area contributed by atoms with Crippen LogP contribution in [-0.2, 0) is 52.6 Å². The minimum atomic E-state index is -2.20. The lowest BCUT2D eigenvalue weighted by Crippen LogP contribution is -2.53. The molecule has 2 unspecified atom stereocenters. The fourth-order valence-electron chi connectivity index (χ4n) is 6.83. The van der Waals surface area contributed by atoms with Crippen molar-refractivity contribution in [1.29, 1.82) is 0 Å². The Kier molecular flexibility index (Phi) is 20.0. The topological polar surface area (TPSA) is 209 Å². The number of fused-ring (bicyclic) bond motifs is 1. The van der Waals surface area contributed by atoms with E-state index in [0.717, 1.165) is 11.1 Å². The van der Waals surface area contributed by atoms with Gasteiger partial charge in [0.2, 0.25) is 11.8 Å². The lowest BCUT2D eigenvalue weighted by molar-refractivity contribution is -0.143. The molecule has 68 heavy (non-hydrogen) atoms. The number of hydrogen-bond acceptors (Lipinski definition) is 12. The Bertz CT molecular complexity index is 2240. The first-order valence-electron chi connectivity index (χ1n) is 22.9. The highest BCUT2D eigenvalue weighted by atomic mass is 28.4. The molecule has 0 saturated carbocycles. The van der Waals surface area contributed by atoms with Crippen molar-refractivity contribution >= 4 is 55.6 Å². The SMILES string of the molecule is C=CCOC(=O)NC(C(=O)NC(C)C(=O)Nc1ccc(COC(=O)Nc2cc(OCCCC(=O)OCC)c(OC)cc2C(=O)N2Cc3ccccc3C[C@H]2CO[Si](C)(C)C(C)(C)C)cc1)C(C)C. The van der Waals surface area contributed by atoms with E-state index in [1.54, 1.807) is 49.9 Å². The Labute approximate surface area is 401 Å². The number of hydrogen-bond donors (Lipinski definition) is 4. The molecule has 17 nitrogen and oxygen atoms in total. The van der Waals surface area contributed by atoms with Gasteiger partial charge in [0.1, 0.15) is 25.3 Å². The summed E-state index contributed by atoms with van der Waals surface area (Å²) < 4.78 is 34.0. The van der Waals surface area contributed by atoms with Crippen LogP contribution < -0.4 is 30.7 Å². The zero-order chi connectivity index (χ0) is 50.2. The molecule has 4 rings (SSSR count). The normalized spacial score (nSPS) is 14.3. The number of ether oxygens (including phenoxy) is 5. The quantitative estimate of drug-likeness (QED) is 0.0247. The largest absolute Gasteiger partial charge is 0.493 e. The number of nitrogens with one attached hydrogen (secondary N) is 4. The van der Waals surface area contributed by atoms with Crippen molar-refractivity contribution in [2.24, 2.45) is 5.92 Å². The molecule has 4 N–H and O–H groups in total. The Hall–Kier alpha value is -6.40. The standard InChI is InChI=1S/C50H69N5O12Si/c1-12-24-65-49(61)54-44(32(3)4)46(58)51-33(5)45(57)52-37-22-20-34(21-23-37)30-66-48(60)53-40-28-42(64-25-16-19-43(56)63-13-2)41(62-9)27-39(40)47(59)55-29-36-18-15-14-17-35(36)26-38(55)31-67-68(10,11)50(6,7)8/h12,14-15,17-18,20-23,27-28,32-33,38,44H,1,13,16,19,24-26,29-31H2,2-11H3,(H,51,58)(H,52,57)(H,53,60)(H,54,61)/t33?,38-,44?/m0/s1. The lowest BCUT2D eigenvalue weighted by Gasteiger charge is -2.41. The molecule has 3 aromatic rings. The third-order valence-corrected chi connectivity index (χ3v) is 16.3. The molecule has 1 heterocycles. The number of anilines is 2. The van der Waals surface area contributed by atoms with Crippen molar-refractivity contribution < 1.29 is 56.9 Å². The van der Waals surface area contributed by atoms with Crippen molar-refractivity contribution in [2.45, 2.75) is 117 Å². The van der Waals surface area contributed by atoms with Gasteiger partial charge in [-0.1, -0.05) is 83.7 Å². The molecule has 0 bridgehead atoms. The Balaban J connectivity index is 1.51. The highest BCUT2D eigenvalue weighted by molar-refractivity contribution is 6.74. The van der Waals surface area contributed by atoms with Crippen LogP contribution in [0.4, 0.5) is 21.0 Å². The molecule has 3 atom stereocenters. The number of nitrogens with zero attached hydrogens (tertiary/aromatic N) is 1. The van der Waals surface area contributed by atoms with Crippen LogP contribution in [0.5, 0.6) is 11.5 Å². The number of carbonyl (C=O) groups is 6. The van der Waals surface area contributed by atoms with Crippen LogP contribution in [0.25, 0.3) is 0 Å². The highest BCUT2D eigenvalue weighted by Crippen LogP contribution is 2.39. The number of carbonyl (C=O) groups excluding carboxylic acids is 6. The number of alkyl carbamates (subject to hydrolysis) is 1. The van der Waals surface area contributed by atoms with Gasteiger partial charge in [-0.3, -0.25) is 24.5 Å². The van der Waals surface area contributed by atoms with Crippen molar-refractivity contribution in [3.63, 3.8) is 0 Å². The number of rotatable bonds is 22. The summed E-state index contributed by atoms with van der Waals surface area (Å²) in [4.78, 5) is 80.3. The predicted molar refractivity (Wildman–Crippen MR) is 261 cm³/mol. The second-order valence-electron chi connectivity index (χ2n) is 18.3. The van der Waals surface area contributed by atoms with Crippen LogP contribution in [0, 0.1) is 5.92 Å². The van der Waals surface area contributed by atoms with Gasteiger partial charge in [-0.2, -0.15) is 0 Å². The van der Waals surface area contributed by atoms with Crippen LogP contribution >= 0.6 is 0 Å². The lowest BCUT2D eigenvalue weighted by atomic mass is 9.93. The van der Waals surface area contributed by atoms with E-state index in [1.165, 1.54) is 32.2 Å². The summed E-state index contributed by atoms with van der Waals surface area (Å²) in [5, 5.41) is 10.6. The average molecular weight is 960 g/mol. The van der Waals surface area contributed by atoms with E-state index >= 15 is 0 Å². The van der Waals surface area contributed by atoms with Crippen LogP contribution in [0.3, 0.4) is 0 Å². The zero-order valence-electron chi connectivity index (χ0n) is 41.1. The first kappa shape index (κ1) is 54.2. The molecule has 0 spiro atoms. The molecule has 0 saturated heterocycles. The smallest absolute Gasteiger partial charge is 0.411 e. The van der Waals surface area contributed by atoms with E-state index < -0.39 is 44.4 Å². The summed E-state index contributed by atoms with van der Waals surface area (Å²) in [5.41, 5.74) is 3.40. The summed E-state index contributed by atoms with van der Waals surface area (Å²) in [6.07, 6.45) is 0.823. The number of amides is 5. The van der Waals surface area contributed by atoms with E-state index in [-0.39, 0.29) is 84.5 Å². The van der Waals surface area contributed by atoms with Gasteiger partial charge < -0.3 is 49.0 Å². The summed E-state index contributed by atoms with van der Waals surface area (Å²) >= 11 is 0. The maximum atomic E-state index is 14.9. The zero-order valence-corrected chi connectivity index (χ0v) is 42.1.